The molecule has 0 bridgehead atoms. The van der Waals surface area contributed by atoms with Gasteiger partial charge in [-0.25, -0.2) is 0 Å². The lowest BCUT2D eigenvalue weighted by Gasteiger charge is -2.38. The fourth-order valence-corrected chi connectivity index (χ4v) is 3.59. The Bertz CT molecular complexity index is 1080. The van der Waals surface area contributed by atoms with Gasteiger partial charge in [0.15, 0.2) is 5.82 Å². The Kier molecular flexibility index (Phi) is 5.32. The van der Waals surface area contributed by atoms with Gasteiger partial charge in [0.05, 0.1) is 17.0 Å². The van der Waals surface area contributed by atoms with Gasteiger partial charge in [-0.2, -0.15) is 18.4 Å². The van der Waals surface area contributed by atoms with Crippen LogP contribution in [0.25, 0.3) is 11.6 Å². The molecule has 11 heteroatoms. The Balaban J connectivity index is 1.46. The SMILES string of the molecule is N#CC1(c2ccc(C(F)(F)F)cc2)CCN(c2ccc(-c3nnc(CO)o3)nn2)CC1. The molecule has 1 aromatic carbocycles. The molecule has 3 heterocycles. The fraction of sp³-hybridized carbons (Fsp3) is 0.350. The predicted octanol–water partition coefficient (Wildman–Crippen LogP) is 3.10. The third-order valence-corrected chi connectivity index (χ3v) is 5.39. The van der Waals surface area contributed by atoms with Crippen molar-refractivity contribution in [1.29, 1.82) is 5.26 Å². The van der Waals surface area contributed by atoms with Crippen LogP contribution in [0.3, 0.4) is 0 Å². The molecule has 0 atom stereocenters. The zero-order valence-corrected chi connectivity index (χ0v) is 16.2. The molecule has 1 fully saturated rings. The van der Waals surface area contributed by atoms with Crippen molar-refractivity contribution in [2.75, 3.05) is 18.0 Å². The molecule has 0 spiro atoms. The zero-order valence-electron chi connectivity index (χ0n) is 16.2. The maximum absolute atomic E-state index is 12.8. The number of aliphatic hydroxyl groups excluding tert-OH is 1. The molecular formula is C20H17F3N6O2. The summed E-state index contributed by atoms with van der Waals surface area (Å²) >= 11 is 0. The molecule has 0 saturated carbocycles. The van der Waals surface area contributed by atoms with Crippen molar-refractivity contribution in [3.05, 3.63) is 53.4 Å². The molecule has 0 radical (unpaired) electrons. The monoisotopic (exact) mass is 430 g/mol. The second-order valence-electron chi connectivity index (χ2n) is 7.19. The first-order valence-electron chi connectivity index (χ1n) is 9.46. The number of aliphatic hydroxyl groups is 1. The summed E-state index contributed by atoms with van der Waals surface area (Å²) in [7, 11) is 0. The van der Waals surface area contributed by atoms with Crippen molar-refractivity contribution >= 4 is 5.82 Å². The number of halogens is 3. The van der Waals surface area contributed by atoms with Crippen LogP contribution in [0.5, 0.6) is 0 Å². The highest BCUT2D eigenvalue weighted by Gasteiger charge is 2.38. The van der Waals surface area contributed by atoms with E-state index in [0.29, 0.717) is 43.0 Å². The van der Waals surface area contributed by atoms with Crippen LogP contribution in [0.2, 0.25) is 0 Å². The van der Waals surface area contributed by atoms with Crippen molar-refractivity contribution in [1.82, 2.24) is 20.4 Å². The van der Waals surface area contributed by atoms with E-state index in [-0.39, 0.29) is 18.4 Å². The minimum absolute atomic E-state index is 0.0769. The van der Waals surface area contributed by atoms with Gasteiger partial charge in [0.2, 0.25) is 5.89 Å². The van der Waals surface area contributed by atoms with E-state index < -0.39 is 17.2 Å². The number of alkyl halides is 3. The van der Waals surface area contributed by atoms with Crippen LogP contribution < -0.4 is 4.90 Å². The molecule has 31 heavy (non-hydrogen) atoms. The Morgan fingerprint density at radius 3 is 2.26 bits per heavy atom. The summed E-state index contributed by atoms with van der Waals surface area (Å²) < 4.78 is 43.7. The van der Waals surface area contributed by atoms with Gasteiger partial charge in [-0.15, -0.1) is 20.4 Å². The summed E-state index contributed by atoms with van der Waals surface area (Å²) in [5, 5.41) is 34.5. The van der Waals surface area contributed by atoms with Gasteiger partial charge < -0.3 is 14.4 Å². The van der Waals surface area contributed by atoms with E-state index in [1.807, 2.05) is 4.90 Å². The Labute approximate surface area is 175 Å². The second kappa shape index (κ2) is 7.96. The number of hydrogen-bond acceptors (Lipinski definition) is 8. The Morgan fingerprint density at radius 1 is 1.03 bits per heavy atom. The van der Waals surface area contributed by atoms with Crippen molar-refractivity contribution < 1.29 is 22.7 Å². The van der Waals surface area contributed by atoms with Crippen LogP contribution in [-0.2, 0) is 18.2 Å². The predicted molar refractivity (Wildman–Crippen MR) is 101 cm³/mol. The average Bonchev–Trinajstić information content (AvgIpc) is 3.28. The third-order valence-electron chi connectivity index (χ3n) is 5.39. The van der Waals surface area contributed by atoms with Gasteiger partial charge in [-0.3, -0.25) is 0 Å². The minimum atomic E-state index is -4.41. The number of hydrogen-bond donors (Lipinski definition) is 1. The third kappa shape index (κ3) is 4.06. The lowest BCUT2D eigenvalue weighted by atomic mass is 9.74. The van der Waals surface area contributed by atoms with Crippen molar-refractivity contribution in [2.24, 2.45) is 0 Å². The molecule has 3 aromatic rings. The molecule has 1 saturated heterocycles. The highest BCUT2D eigenvalue weighted by atomic mass is 19.4. The number of nitrogens with zero attached hydrogens (tertiary/aromatic N) is 6. The zero-order chi connectivity index (χ0) is 22.1. The molecular weight excluding hydrogens is 413 g/mol. The summed E-state index contributed by atoms with van der Waals surface area (Å²) in [6.45, 7) is 0.627. The van der Waals surface area contributed by atoms with E-state index in [4.69, 9.17) is 9.52 Å². The molecule has 2 aromatic heterocycles. The van der Waals surface area contributed by atoms with Crippen LogP contribution in [-0.4, -0.2) is 38.6 Å². The molecule has 1 aliphatic heterocycles. The van der Waals surface area contributed by atoms with Gasteiger partial charge in [0.1, 0.15) is 12.3 Å². The number of nitriles is 1. The maximum Gasteiger partial charge on any atom is 0.416 e. The highest BCUT2D eigenvalue weighted by Crippen LogP contribution is 2.38. The lowest BCUT2D eigenvalue weighted by molar-refractivity contribution is -0.137. The Hall–Kier alpha value is -3.52. The quantitative estimate of drug-likeness (QED) is 0.672. The molecule has 1 aliphatic rings. The van der Waals surface area contributed by atoms with E-state index in [0.717, 1.165) is 12.1 Å². The first-order valence-corrected chi connectivity index (χ1v) is 9.46. The van der Waals surface area contributed by atoms with Gasteiger partial charge in [-0.05, 0) is 42.7 Å². The summed E-state index contributed by atoms with van der Waals surface area (Å²) in [5.41, 5.74) is -0.632. The number of benzene rings is 1. The summed E-state index contributed by atoms with van der Waals surface area (Å²) in [4.78, 5) is 1.96. The number of rotatable bonds is 4. The van der Waals surface area contributed by atoms with Crippen LogP contribution in [0.1, 0.15) is 29.9 Å². The number of anilines is 1. The minimum Gasteiger partial charge on any atom is -0.417 e. The summed E-state index contributed by atoms with van der Waals surface area (Å²) in [6, 6.07) is 10.5. The summed E-state index contributed by atoms with van der Waals surface area (Å²) in [6.07, 6.45) is -3.52. The van der Waals surface area contributed by atoms with Crippen molar-refractivity contribution in [3.8, 4) is 17.7 Å². The number of piperidine rings is 1. The molecule has 4 rings (SSSR count). The van der Waals surface area contributed by atoms with E-state index in [1.54, 1.807) is 12.1 Å². The van der Waals surface area contributed by atoms with Crippen molar-refractivity contribution in [3.63, 3.8) is 0 Å². The standard InChI is InChI=1S/C20H17F3N6O2/c21-20(22,23)14-3-1-13(2-4-14)19(12-24)7-9-29(10-8-19)16-6-5-15(25-26-16)18-28-27-17(11-30)31-18/h1-6,30H,7-11H2. The van der Waals surface area contributed by atoms with E-state index >= 15 is 0 Å². The second-order valence-corrected chi connectivity index (χ2v) is 7.19. The van der Waals surface area contributed by atoms with Gasteiger partial charge in [0.25, 0.3) is 5.89 Å². The molecule has 0 aliphatic carbocycles. The molecule has 8 nitrogen and oxygen atoms in total. The van der Waals surface area contributed by atoms with Gasteiger partial charge >= 0.3 is 6.18 Å². The van der Waals surface area contributed by atoms with Crippen LogP contribution in [0.15, 0.2) is 40.8 Å². The molecule has 1 N–H and O–H groups in total. The van der Waals surface area contributed by atoms with Gasteiger partial charge in [0, 0.05) is 13.1 Å². The normalized spacial score (nSPS) is 16.2. The smallest absolute Gasteiger partial charge is 0.416 e. The van der Waals surface area contributed by atoms with E-state index in [2.05, 4.69) is 26.5 Å². The van der Waals surface area contributed by atoms with Crippen LogP contribution in [0.4, 0.5) is 19.0 Å². The average molecular weight is 430 g/mol. The van der Waals surface area contributed by atoms with Crippen molar-refractivity contribution in [2.45, 2.75) is 31.0 Å². The van der Waals surface area contributed by atoms with E-state index in [1.165, 1.54) is 12.1 Å². The maximum atomic E-state index is 12.8. The Morgan fingerprint density at radius 2 is 1.74 bits per heavy atom. The first-order chi connectivity index (χ1) is 14.8. The topological polar surface area (TPSA) is 112 Å². The molecule has 0 amide bonds. The fourth-order valence-electron chi connectivity index (χ4n) is 3.59. The first kappa shape index (κ1) is 20.7. The molecule has 0 unspecified atom stereocenters. The van der Waals surface area contributed by atoms with Crippen LogP contribution in [0, 0.1) is 11.3 Å². The summed E-state index contributed by atoms with van der Waals surface area (Å²) in [5.74, 6) is 0.824. The van der Waals surface area contributed by atoms with Crippen LogP contribution >= 0.6 is 0 Å². The molecule has 160 valence electrons. The van der Waals surface area contributed by atoms with Gasteiger partial charge in [-0.1, -0.05) is 12.1 Å². The highest BCUT2D eigenvalue weighted by molar-refractivity contribution is 5.50. The largest absolute Gasteiger partial charge is 0.417 e. The number of aromatic nitrogens is 4. The van der Waals surface area contributed by atoms with E-state index in [9.17, 15) is 18.4 Å². The lowest BCUT2D eigenvalue weighted by Crippen LogP contribution is -2.42.